The van der Waals surface area contributed by atoms with Crippen molar-refractivity contribution in [2.24, 2.45) is 0 Å². The lowest BCUT2D eigenvalue weighted by atomic mass is 9.93. The van der Waals surface area contributed by atoms with Crippen LogP contribution in [-0.2, 0) is 0 Å². The molecule has 0 amide bonds. The van der Waals surface area contributed by atoms with Gasteiger partial charge in [0.1, 0.15) is 0 Å². The molecule has 296 valence electrons. The third-order valence-corrected chi connectivity index (χ3v) is 11.3. The monoisotopic (exact) mass is 816 g/mol. The molecule has 8 heteroatoms. The molecule has 2 heterocycles. The van der Waals surface area contributed by atoms with Gasteiger partial charge in [0.15, 0.2) is 17.2 Å². The van der Waals surface area contributed by atoms with Gasteiger partial charge in [0.05, 0.1) is 58.8 Å². The number of hydrogen-bond acceptors (Lipinski definition) is 5. The fourth-order valence-corrected chi connectivity index (χ4v) is 8.35. The first-order chi connectivity index (χ1) is 31.5. The van der Waals surface area contributed by atoms with Crippen molar-refractivity contribution in [1.29, 1.82) is 10.5 Å². The van der Waals surface area contributed by atoms with E-state index in [1.165, 1.54) is 0 Å². The van der Waals surface area contributed by atoms with Gasteiger partial charge in [-0.1, -0.05) is 115 Å². The van der Waals surface area contributed by atoms with Gasteiger partial charge in [-0.3, -0.25) is 0 Å². The van der Waals surface area contributed by atoms with Crippen LogP contribution in [0.2, 0.25) is 0 Å². The molecule has 0 spiro atoms. The maximum absolute atomic E-state index is 10.7. The Morgan fingerprint density at radius 1 is 0.453 bits per heavy atom. The second-order valence-electron chi connectivity index (χ2n) is 15.1. The van der Waals surface area contributed by atoms with Crippen molar-refractivity contribution in [3.05, 3.63) is 228 Å². The molecule has 2 aromatic heterocycles. The van der Waals surface area contributed by atoms with Gasteiger partial charge in [-0.15, -0.1) is 0 Å². The molecular formula is C56H32N8. The van der Waals surface area contributed by atoms with Crippen LogP contribution in [0.4, 0.5) is 28.4 Å². The quantitative estimate of drug-likeness (QED) is 0.142. The van der Waals surface area contributed by atoms with Crippen LogP contribution in [0, 0.1) is 35.8 Å². The third-order valence-electron chi connectivity index (χ3n) is 11.3. The second kappa shape index (κ2) is 16.5. The van der Waals surface area contributed by atoms with Gasteiger partial charge in [-0.2, -0.15) is 10.5 Å². The van der Waals surface area contributed by atoms with Crippen molar-refractivity contribution in [3.63, 3.8) is 0 Å². The SMILES string of the molecule is [C-]#[N+]c1cccc(-c2cc(-c3ccc(-c4c(C#N)cc(-n5c6ccccc6c6cc(N(c7ccccc7)c7ccccc7)ccc65)cc4C#N)cc3)nc(-c3cccc([N+]#[C-])c3)n2)c1. The van der Waals surface area contributed by atoms with Crippen LogP contribution in [0.5, 0.6) is 0 Å². The molecule has 0 saturated heterocycles. The Hall–Kier alpha value is -9.60. The summed E-state index contributed by atoms with van der Waals surface area (Å²) in [6.45, 7) is 15.1. The Kier molecular flexibility index (Phi) is 9.92. The number of para-hydroxylation sites is 3. The molecule has 0 N–H and O–H groups in total. The average Bonchev–Trinajstić information content (AvgIpc) is 3.70. The summed E-state index contributed by atoms with van der Waals surface area (Å²) in [7, 11) is 0. The number of rotatable bonds is 8. The minimum atomic E-state index is 0.370. The summed E-state index contributed by atoms with van der Waals surface area (Å²) >= 11 is 0. The molecule has 0 saturated carbocycles. The van der Waals surface area contributed by atoms with E-state index in [1.54, 1.807) is 30.3 Å². The van der Waals surface area contributed by atoms with Crippen LogP contribution in [0.15, 0.2) is 194 Å². The van der Waals surface area contributed by atoms with E-state index in [4.69, 9.17) is 23.1 Å². The maximum atomic E-state index is 10.7. The number of nitrogens with zero attached hydrogens (tertiary/aromatic N) is 8. The first kappa shape index (κ1) is 38.6. The van der Waals surface area contributed by atoms with Crippen LogP contribution in [0.3, 0.4) is 0 Å². The van der Waals surface area contributed by atoms with E-state index in [0.29, 0.717) is 62.1 Å². The lowest BCUT2D eigenvalue weighted by Gasteiger charge is -2.25. The van der Waals surface area contributed by atoms with Crippen molar-refractivity contribution in [3.8, 4) is 62.9 Å². The Labute approximate surface area is 369 Å². The van der Waals surface area contributed by atoms with Crippen molar-refractivity contribution < 1.29 is 0 Å². The first-order valence-electron chi connectivity index (χ1n) is 20.4. The van der Waals surface area contributed by atoms with Gasteiger partial charge in [0.25, 0.3) is 0 Å². The summed E-state index contributed by atoms with van der Waals surface area (Å²) in [4.78, 5) is 19.2. The van der Waals surface area contributed by atoms with Crippen molar-refractivity contribution in [2.75, 3.05) is 4.90 Å². The normalized spacial score (nSPS) is 10.8. The van der Waals surface area contributed by atoms with E-state index >= 15 is 0 Å². The fourth-order valence-electron chi connectivity index (χ4n) is 8.35. The number of hydrogen-bond donors (Lipinski definition) is 0. The second-order valence-corrected chi connectivity index (χ2v) is 15.1. The molecule has 0 bridgehead atoms. The predicted molar refractivity (Wildman–Crippen MR) is 255 cm³/mol. The highest BCUT2D eigenvalue weighted by atomic mass is 15.1. The van der Waals surface area contributed by atoms with Crippen LogP contribution < -0.4 is 4.90 Å². The molecule has 8 nitrogen and oxygen atoms in total. The zero-order valence-corrected chi connectivity index (χ0v) is 34.1. The largest absolute Gasteiger partial charge is 0.310 e. The van der Waals surface area contributed by atoms with Crippen LogP contribution >= 0.6 is 0 Å². The Morgan fingerprint density at radius 2 is 1.00 bits per heavy atom. The summed E-state index contributed by atoms with van der Waals surface area (Å²) < 4.78 is 2.13. The maximum Gasteiger partial charge on any atom is 0.187 e. The van der Waals surface area contributed by atoms with E-state index in [2.05, 4.69) is 85.9 Å². The lowest BCUT2D eigenvalue weighted by molar-refractivity contribution is 1.17. The number of benzene rings is 8. The van der Waals surface area contributed by atoms with Crippen molar-refractivity contribution >= 4 is 50.2 Å². The van der Waals surface area contributed by atoms with Gasteiger partial charge in [0, 0.05) is 50.2 Å². The van der Waals surface area contributed by atoms with Crippen molar-refractivity contribution in [1.82, 2.24) is 14.5 Å². The van der Waals surface area contributed by atoms with Crippen molar-refractivity contribution in [2.45, 2.75) is 0 Å². The van der Waals surface area contributed by atoms with Crippen LogP contribution in [0.1, 0.15) is 11.1 Å². The Bertz CT molecular complexity index is 3450. The molecule has 0 aliphatic carbocycles. The van der Waals surface area contributed by atoms with Gasteiger partial charge in [-0.05, 0) is 90.0 Å². The Morgan fingerprint density at radius 3 is 1.62 bits per heavy atom. The molecule has 8 aromatic carbocycles. The highest BCUT2D eigenvalue weighted by molar-refractivity contribution is 6.11. The summed E-state index contributed by atoms with van der Waals surface area (Å²) in [6.07, 6.45) is 0. The number of aromatic nitrogens is 3. The zero-order valence-electron chi connectivity index (χ0n) is 34.1. The van der Waals surface area contributed by atoms with E-state index < -0.39 is 0 Å². The molecule has 64 heavy (non-hydrogen) atoms. The molecule has 10 rings (SSSR count). The molecule has 10 aromatic rings. The minimum Gasteiger partial charge on any atom is -0.310 e. The topological polar surface area (TPSA) is 90.2 Å². The van der Waals surface area contributed by atoms with Gasteiger partial charge in [0.2, 0.25) is 0 Å². The first-order valence-corrected chi connectivity index (χ1v) is 20.4. The molecule has 0 atom stereocenters. The average molecular weight is 817 g/mol. The summed E-state index contributed by atoms with van der Waals surface area (Å²) in [5.74, 6) is 0.440. The van der Waals surface area contributed by atoms with E-state index in [9.17, 15) is 10.5 Å². The van der Waals surface area contributed by atoms with E-state index in [-0.39, 0.29) is 0 Å². The van der Waals surface area contributed by atoms with Gasteiger partial charge in [-0.25, -0.2) is 19.7 Å². The number of nitriles is 2. The Balaban J connectivity index is 1.06. The minimum absolute atomic E-state index is 0.370. The van der Waals surface area contributed by atoms with Crippen LogP contribution in [-0.4, -0.2) is 14.5 Å². The summed E-state index contributed by atoms with van der Waals surface area (Å²) in [5, 5.41) is 23.5. The molecule has 0 aliphatic rings. The van der Waals surface area contributed by atoms with Gasteiger partial charge >= 0.3 is 0 Å². The summed E-state index contributed by atoms with van der Waals surface area (Å²) in [5.41, 5.74) is 12.1. The highest BCUT2D eigenvalue weighted by Crippen LogP contribution is 2.41. The molecular weight excluding hydrogens is 785 g/mol. The molecule has 0 fully saturated rings. The fraction of sp³-hybridized carbons (Fsp3) is 0. The molecule has 0 aliphatic heterocycles. The van der Waals surface area contributed by atoms with E-state index in [1.807, 2.05) is 109 Å². The highest BCUT2D eigenvalue weighted by Gasteiger charge is 2.21. The molecule has 0 radical (unpaired) electrons. The molecule has 0 unspecified atom stereocenters. The van der Waals surface area contributed by atoms with Crippen LogP contribution in [0.25, 0.3) is 82.2 Å². The third kappa shape index (κ3) is 7.02. The number of anilines is 3. The number of fused-ring (bicyclic) bond motifs is 3. The summed E-state index contributed by atoms with van der Waals surface area (Å²) in [6, 6.07) is 67.8. The smallest absolute Gasteiger partial charge is 0.187 e. The van der Waals surface area contributed by atoms with Gasteiger partial charge < -0.3 is 9.47 Å². The lowest BCUT2D eigenvalue weighted by Crippen LogP contribution is -2.09. The zero-order chi connectivity index (χ0) is 43.6. The van der Waals surface area contributed by atoms with E-state index in [0.717, 1.165) is 50.0 Å². The standard InChI is InChI=1S/C56H32N8/c1-59-43-15-11-13-39(29-43)52-34-51(61-56(62-52)40-14-12-16-44(30-40)60-2)37-23-25-38(26-24-37)55-41(35-57)31-48(32-42(55)36-58)64-53-22-10-9-21-49(53)50-33-47(27-28-54(50)64)63(45-17-5-3-6-18-45)46-19-7-4-8-20-46/h3-34H. The predicted octanol–water partition coefficient (Wildman–Crippen LogP) is 14.6.